The molecule has 4 nitrogen and oxygen atoms in total. The zero-order valence-corrected chi connectivity index (χ0v) is 11.1. The predicted octanol–water partition coefficient (Wildman–Crippen LogP) is 1.52. The smallest absolute Gasteiger partial charge is 0.222 e. The number of nitrogens with one attached hydrogen (secondary N) is 1. The van der Waals surface area contributed by atoms with Crippen LogP contribution in [-0.2, 0) is 9.59 Å². The molecule has 0 aromatic carbocycles. The lowest BCUT2D eigenvalue weighted by Gasteiger charge is -2.21. The lowest BCUT2D eigenvalue weighted by atomic mass is 10.2. The Morgan fingerprint density at radius 2 is 2.29 bits per heavy atom. The minimum absolute atomic E-state index is 0.0283. The third kappa shape index (κ3) is 5.39. The Bertz CT molecular complexity index is 271. The standard InChI is InChI=1S/C12H21ClN2O2/c1-10(9-15-8-4-6-12(15)17)14-11(16)5-2-3-7-13/h10H,2-9H2,1H3,(H,14,16). The van der Waals surface area contributed by atoms with Crippen LogP contribution in [0.2, 0.25) is 0 Å². The van der Waals surface area contributed by atoms with E-state index < -0.39 is 0 Å². The second-order valence-electron chi connectivity index (χ2n) is 4.56. The molecule has 0 aliphatic carbocycles. The summed E-state index contributed by atoms with van der Waals surface area (Å²) in [5.74, 6) is 0.855. The van der Waals surface area contributed by atoms with Crippen molar-refractivity contribution in [3.05, 3.63) is 0 Å². The topological polar surface area (TPSA) is 49.4 Å². The molecule has 0 saturated carbocycles. The van der Waals surface area contributed by atoms with Gasteiger partial charge in [0.1, 0.15) is 0 Å². The van der Waals surface area contributed by atoms with Crippen LogP contribution >= 0.6 is 11.6 Å². The van der Waals surface area contributed by atoms with Crippen LogP contribution in [0, 0.1) is 0 Å². The summed E-state index contributed by atoms with van der Waals surface area (Å²) in [7, 11) is 0. The zero-order valence-electron chi connectivity index (χ0n) is 10.4. The van der Waals surface area contributed by atoms with Gasteiger partial charge in [0, 0.05) is 37.9 Å². The first-order valence-electron chi connectivity index (χ1n) is 6.26. The maximum atomic E-state index is 11.5. The van der Waals surface area contributed by atoms with Crippen molar-refractivity contribution in [2.45, 2.75) is 45.1 Å². The van der Waals surface area contributed by atoms with E-state index in [0.29, 0.717) is 25.3 Å². The Morgan fingerprint density at radius 1 is 1.53 bits per heavy atom. The van der Waals surface area contributed by atoms with E-state index in [9.17, 15) is 9.59 Å². The van der Waals surface area contributed by atoms with Gasteiger partial charge in [-0.3, -0.25) is 9.59 Å². The molecule has 17 heavy (non-hydrogen) atoms. The average Bonchev–Trinajstić information content (AvgIpc) is 2.64. The van der Waals surface area contributed by atoms with Crippen LogP contribution in [0.5, 0.6) is 0 Å². The molecule has 0 bridgehead atoms. The number of hydrogen-bond acceptors (Lipinski definition) is 2. The van der Waals surface area contributed by atoms with Crippen molar-refractivity contribution in [2.24, 2.45) is 0 Å². The van der Waals surface area contributed by atoms with Gasteiger partial charge in [0.25, 0.3) is 0 Å². The Hall–Kier alpha value is -0.770. The molecule has 98 valence electrons. The van der Waals surface area contributed by atoms with Crippen molar-refractivity contribution >= 4 is 23.4 Å². The van der Waals surface area contributed by atoms with E-state index in [0.717, 1.165) is 25.8 Å². The van der Waals surface area contributed by atoms with Gasteiger partial charge >= 0.3 is 0 Å². The number of likely N-dealkylation sites (tertiary alicyclic amines) is 1. The summed E-state index contributed by atoms with van der Waals surface area (Å²) >= 11 is 5.54. The third-order valence-corrected chi connectivity index (χ3v) is 3.13. The molecule has 0 aromatic rings. The van der Waals surface area contributed by atoms with E-state index in [-0.39, 0.29) is 17.9 Å². The van der Waals surface area contributed by atoms with Gasteiger partial charge in [-0.15, -0.1) is 11.6 Å². The van der Waals surface area contributed by atoms with Gasteiger partial charge in [0.2, 0.25) is 11.8 Å². The quantitative estimate of drug-likeness (QED) is 0.557. The summed E-state index contributed by atoms with van der Waals surface area (Å²) < 4.78 is 0. The van der Waals surface area contributed by atoms with Gasteiger partial charge in [-0.25, -0.2) is 0 Å². The molecule has 1 aliphatic heterocycles. The molecule has 1 rings (SSSR count). The normalized spacial score (nSPS) is 17.3. The minimum atomic E-state index is 0.0283. The first kappa shape index (κ1) is 14.3. The van der Waals surface area contributed by atoms with Crippen LogP contribution in [0.25, 0.3) is 0 Å². The van der Waals surface area contributed by atoms with E-state index in [2.05, 4.69) is 5.32 Å². The van der Waals surface area contributed by atoms with Crippen LogP contribution < -0.4 is 5.32 Å². The SMILES string of the molecule is CC(CN1CCCC1=O)NC(=O)CCCCCl. The first-order chi connectivity index (χ1) is 8.13. The molecule has 1 unspecified atom stereocenters. The summed E-state index contributed by atoms with van der Waals surface area (Å²) in [6.45, 7) is 3.39. The highest BCUT2D eigenvalue weighted by atomic mass is 35.5. The molecule has 0 aromatic heterocycles. The molecule has 5 heteroatoms. The van der Waals surface area contributed by atoms with Crippen molar-refractivity contribution in [3.8, 4) is 0 Å². The monoisotopic (exact) mass is 260 g/mol. The molecule has 1 aliphatic rings. The van der Waals surface area contributed by atoms with Gasteiger partial charge in [-0.05, 0) is 26.2 Å². The summed E-state index contributed by atoms with van der Waals surface area (Å²) in [6, 6.07) is 0.0283. The number of rotatable bonds is 7. The number of hydrogen-bond donors (Lipinski definition) is 1. The maximum absolute atomic E-state index is 11.5. The van der Waals surface area contributed by atoms with Crippen molar-refractivity contribution in [1.82, 2.24) is 10.2 Å². The summed E-state index contributed by atoms with van der Waals surface area (Å²) in [5.41, 5.74) is 0. The minimum Gasteiger partial charge on any atom is -0.352 e. The highest BCUT2D eigenvalue weighted by Crippen LogP contribution is 2.09. The fourth-order valence-electron chi connectivity index (χ4n) is 2.00. The third-order valence-electron chi connectivity index (χ3n) is 2.86. The van der Waals surface area contributed by atoms with E-state index in [4.69, 9.17) is 11.6 Å². The van der Waals surface area contributed by atoms with E-state index in [1.54, 1.807) is 0 Å². The number of halogens is 1. The van der Waals surface area contributed by atoms with Crippen molar-refractivity contribution in [3.63, 3.8) is 0 Å². The highest BCUT2D eigenvalue weighted by molar-refractivity contribution is 6.17. The van der Waals surface area contributed by atoms with E-state index in [1.807, 2.05) is 11.8 Å². The van der Waals surface area contributed by atoms with Crippen LogP contribution in [0.3, 0.4) is 0 Å². The molecular formula is C12H21ClN2O2. The maximum Gasteiger partial charge on any atom is 0.222 e. The fraction of sp³-hybridized carbons (Fsp3) is 0.833. The van der Waals surface area contributed by atoms with Crippen LogP contribution in [-0.4, -0.2) is 41.7 Å². The molecule has 0 radical (unpaired) electrons. The Balaban J connectivity index is 2.17. The molecule has 1 fully saturated rings. The van der Waals surface area contributed by atoms with E-state index >= 15 is 0 Å². The van der Waals surface area contributed by atoms with Gasteiger partial charge < -0.3 is 10.2 Å². The summed E-state index contributed by atoms with van der Waals surface area (Å²) in [4.78, 5) is 24.8. The summed E-state index contributed by atoms with van der Waals surface area (Å²) in [5, 5.41) is 2.91. The lowest BCUT2D eigenvalue weighted by Crippen LogP contribution is -2.42. The average molecular weight is 261 g/mol. The molecule has 1 atom stereocenters. The molecule has 0 spiro atoms. The largest absolute Gasteiger partial charge is 0.352 e. The second-order valence-corrected chi connectivity index (χ2v) is 4.94. The van der Waals surface area contributed by atoms with Gasteiger partial charge in [0.05, 0.1) is 0 Å². The molecule has 2 amide bonds. The number of carbonyl (C=O) groups excluding carboxylic acids is 2. The van der Waals surface area contributed by atoms with Crippen molar-refractivity contribution < 1.29 is 9.59 Å². The molecule has 1 saturated heterocycles. The number of unbranched alkanes of at least 4 members (excludes halogenated alkanes) is 1. The predicted molar refractivity (Wildman–Crippen MR) is 68.0 cm³/mol. The Morgan fingerprint density at radius 3 is 2.88 bits per heavy atom. The van der Waals surface area contributed by atoms with E-state index in [1.165, 1.54) is 0 Å². The highest BCUT2D eigenvalue weighted by Gasteiger charge is 2.22. The van der Waals surface area contributed by atoms with Crippen LogP contribution in [0.4, 0.5) is 0 Å². The van der Waals surface area contributed by atoms with Crippen molar-refractivity contribution in [2.75, 3.05) is 19.0 Å². The number of carbonyl (C=O) groups is 2. The Kier molecular flexibility index (Phi) is 6.34. The Labute approximate surface area is 108 Å². The van der Waals surface area contributed by atoms with Gasteiger partial charge in [0.15, 0.2) is 0 Å². The van der Waals surface area contributed by atoms with Crippen molar-refractivity contribution in [1.29, 1.82) is 0 Å². The van der Waals surface area contributed by atoms with Crippen LogP contribution in [0.15, 0.2) is 0 Å². The van der Waals surface area contributed by atoms with Crippen LogP contribution in [0.1, 0.15) is 39.0 Å². The lowest BCUT2D eigenvalue weighted by molar-refractivity contribution is -0.129. The summed E-state index contributed by atoms with van der Waals surface area (Å²) in [6.07, 6.45) is 3.80. The van der Waals surface area contributed by atoms with Gasteiger partial charge in [-0.1, -0.05) is 0 Å². The molecular weight excluding hydrogens is 240 g/mol. The first-order valence-corrected chi connectivity index (χ1v) is 6.80. The fourth-order valence-corrected chi connectivity index (χ4v) is 2.19. The zero-order chi connectivity index (χ0) is 12.7. The second kappa shape index (κ2) is 7.54. The number of alkyl halides is 1. The molecule has 1 heterocycles. The van der Waals surface area contributed by atoms with Gasteiger partial charge in [-0.2, -0.15) is 0 Å². The number of amides is 2. The number of nitrogens with zero attached hydrogens (tertiary/aromatic N) is 1. The molecule has 1 N–H and O–H groups in total.